The van der Waals surface area contributed by atoms with Crippen molar-refractivity contribution in [3.63, 3.8) is 0 Å². The molecule has 0 atom stereocenters. The Balaban J connectivity index is 1.51. The first-order valence-electron chi connectivity index (χ1n) is 9.01. The van der Waals surface area contributed by atoms with E-state index in [1.807, 2.05) is 12.1 Å². The Kier molecular flexibility index (Phi) is 5.83. The summed E-state index contributed by atoms with van der Waals surface area (Å²) in [6, 6.07) is 5.37. The molecule has 8 nitrogen and oxygen atoms in total. The highest BCUT2D eigenvalue weighted by atomic mass is 16.6. The van der Waals surface area contributed by atoms with E-state index in [4.69, 9.17) is 14.2 Å². The fraction of sp³-hybridized carbons (Fsp3) is 0.526. The molecule has 2 saturated heterocycles. The van der Waals surface area contributed by atoms with E-state index < -0.39 is 6.09 Å². The lowest BCUT2D eigenvalue weighted by atomic mass is 10.0. The van der Waals surface area contributed by atoms with Gasteiger partial charge in [-0.05, 0) is 30.9 Å². The van der Waals surface area contributed by atoms with Gasteiger partial charge < -0.3 is 19.1 Å². The van der Waals surface area contributed by atoms with Crippen molar-refractivity contribution in [1.29, 1.82) is 0 Å². The molecule has 3 rings (SSSR count). The van der Waals surface area contributed by atoms with Gasteiger partial charge in [0.1, 0.15) is 11.5 Å². The highest BCUT2D eigenvalue weighted by Crippen LogP contribution is 2.26. The summed E-state index contributed by atoms with van der Waals surface area (Å²) in [6.07, 6.45) is 1.54. The molecule has 0 radical (unpaired) electrons. The van der Waals surface area contributed by atoms with Crippen LogP contribution in [0.5, 0.6) is 11.5 Å². The number of aryl methyl sites for hydroxylation is 1. The molecular weight excluding hydrogens is 352 g/mol. The van der Waals surface area contributed by atoms with Gasteiger partial charge in [-0.15, -0.1) is 0 Å². The summed E-state index contributed by atoms with van der Waals surface area (Å²) in [5.74, 6) is 1.17. The number of ether oxygens (including phenoxy) is 3. The van der Waals surface area contributed by atoms with E-state index in [0.29, 0.717) is 50.3 Å². The van der Waals surface area contributed by atoms with Crippen LogP contribution in [0.1, 0.15) is 24.8 Å². The summed E-state index contributed by atoms with van der Waals surface area (Å²) < 4.78 is 15.3. The number of piperidine rings is 1. The lowest BCUT2D eigenvalue weighted by molar-refractivity contribution is -0.133. The topological polar surface area (TPSA) is 85.4 Å². The molecule has 8 heteroatoms. The first kappa shape index (κ1) is 19.0. The second kappa shape index (κ2) is 8.28. The largest absolute Gasteiger partial charge is 0.497 e. The molecule has 0 spiro atoms. The van der Waals surface area contributed by atoms with Gasteiger partial charge in [0, 0.05) is 31.6 Å². The summed E-state index contributed by atoms with van der Waals surface area (Å²) in [4.78, 5) is 38.9. The van der Waals surface area contributed by atoms with Crippen LogP contribution in [0.3, 0.4) is 0 Å². The van der Waals surface area contributed by atoms with Crippen molar-refractivity contribution in [3.05, 3.63) is 23.8 Å². The Labute approximate surface area is 158 Å². The van der Waals surface area contributed by atoms with Crippen molar-refractivity contribution in [2.24, 2.45) is 0 Å². The number of methoxy groups -OCH3 is 2. The Morgan fingerprint density at radius 2 is 1.93 bits per heavy atom. The molecule has 1 aromatic carbocycles. The van der Waals surface area contributed by atoms with Crippen LogP contribution in [0.2, 0.25) is 0 Å². The summed E-state index contributed by atoms with van der Waals surface area (Å²) in [6.45, 7) is 0.877. The van der Waals surface area contributed by atoms with Crippen LogP contribution >= 0.6 is 0 Å². The minimum atomic E-state index is -0.573. The van der Waals surface area contributed by atoms with Gasteiger partial charge in [0.2, 0.25) is 5.91 Å². The van der Waals surface area contributed by atoms with Crippen LogP contribution in [-0.2, 0) is 20.7 Å². The second-order valence-corrected chi connectivity index (χ2v) is 6.61. The van der Waals surface area contributed by atoms with E-state index in [2.05, 4.69) is 0 Å². The molecule has 0 aliphatic carbocycles. The number of likely N-dealkylation sites (tertiary alicyclic amines) is 1. The zero-order valence-corrected chi connectivity index (χ0v) is 15.6. The number of rotatable bonds is 6. The molecule has 0 unspecified atom stereocenters. The van der Waals surface area contributed by atoms with Crippen molar-refractivity contribution in [1.82, 2.24) is 9.80 Å². The predicted octanol–water partition coefficient (Wildman–Crippen LogP) is 1.61. The lowest BCUT2D eigenvalue weighted by Crippen LogP contribution is -2.48. The molecule has 2 aliphatic heterocycles. The number of carbonyl (C=O) groups is 3. The summed E-state index contributed by atoms with van der Waals surface area (Å²) in [5.41, 5.74) is 0.951. The summed E-state index contributed by atoms with van der Waals surface area (Å²) >= 11 is 0. The molecular formula is C19H24N2O6. The van der Waals surface area contributed by atoms with Crippen LogP contribution < -0.4 is 9.47 Å². The molecule has 2 heterocycles. The van der Waals surface area contributed by atoms with Crippen molar-refractivity contribution < 1.29 is 28.6 Å². The van der Waals surface area contributed by atoms with Crippen molar-refractivity contribution in [3.8, 4) is 11.5 Å². The van der Waals surface area contributed by atoms with Gasteiger partial charge in [0.25, 0.3) is 5.91 Å². The molecule has 3 amide bonds. The first-order chi connectivity index (χ1) is 13.0. The van der Waals surface area contributed by atoms with E-state index in [1.165, 1.54) is 4.90 Å². The third kappa shape index (κ3) is 4.15. The highest BCUT2D eigenvalue weighted by molar-refractivity contribution is 5.98. The third-order valence-electron chi connectivity index (χ3n) is 5.07. The normalized spacial score (nSPS) is 17.9. The SMILES string of the molecule is COc1ccc(CCC(=O)N2CCC(N3C(=O)COC3=O)CC2)c(OC)c1. The van der Waals surface area contributed by atoms with Crippen LogP contribution in [0.25, 0.3) is 0 Å². The first-order valence-corrected chi connectivity index (χ1v) is 9.01. The maximum atomic E-state index is 12.5. The lowest BCUT2D eigenvalue weighted by Gasteiger charge is -2.34. The van der Waals surface area contributed by atoms with E-state index in [0.717, 1.165) is 5.56 Å². The molecule has 0 bridgehead atoms. The van der Waals surface area contributed by atoms with Crippen LogP contribution in [-0.4, -0.2) is 67.7 Å². The van der Waals surface area contributed by atoms with E-state index >= 15 is 0 Å². The average Bonchev–Trinajstić information content (AvgIpc) is 3.04. The fourth-order valence-electron chi connectivity index (χ4n) is 3.55. The van der Waals surface area contributed by atoms with Gasteiger partial charge in [-0.3, -0.25) is 9.59 Å². The van der Waals surface area contributed by atoms with Crippen molar-refractivity contribution in [2.45, 2.75) is 31.7 Å². The average molecular weight is 376 g/mol. The monoisotopic (exact) mass is 376 g/mol. The molecule has 0 aromatic heterocycles. The van der Waals surface area contributed by atoms with Gasteiger partial charge in [-0.1, -0.05) is 6.07 Å². The molecule has 1 aromatic rings. The zero-order chi connectivity index (χ0) is 19.4. The van der Waals surface area contributed by atoms with Crippen LogP contribution in [0, 0.1) is 0 Å². The van der Waals surface area contributed by atoms with Crippen molar-refractivity contribution in [2.75, 3.05) is 33.9 Å². The van der Waals surface area contributed by atoms with Gasteiger partial charge >= 0.3 is 6.09 Å². The number of imide groups is 1. The number of carbonyl (C=O) groups excluding carboxylic acids is 3. The van der Waals surface area contributed by atoms with Gasteiger partial charge in [0.15, 0.2) is 6.61 Å². The smallest absolute Gasteiger partial charge is 0.417 e. The summed E-state index contributed by atoms with van der Waals surface area (Å²) in [5, 5.41) is 0. The molecule has 27 heavy (non-hydrogen) atoms. The predicted molar refractivity (Wildman–Crippen MR) is 95.7 cm³/mol. The van der Waals surface area contributed by atoms with Gasteiger partial charge in [0.05, 0.1) is 14.2 Å². The number of hydrogen-bond acceptors (Lipinski definition) is 6. The van der Waals surface area contributed by atoms with Gasteiger partial charge in [-0.25, -0.2) is 9.69 Å². The van der Waals surface area contributed by atoms with Crippen LogP contribution in [0.15, 0.2) is 18.2 Å². The Hall–Kier alpha value is -2.77. The second-order valence-electron chi connectivity index (χ2n) is 6.61. The fourth-order valence-corrected chi connectivity index (χ4v) is 3.55. The molecule has 0 N–H and O–H groups in total. The Morgan fingerprint density at radius 1 is 1.19 bits per heavy atom. The molecule has 0 saturated carbocycles. The van der Waals surface area contributed by atoms with Gasteiger partial charge in [-0.2, -0.15) is 0 Å². The number of nitrogens with zero attached hydrogens (tertiary/aromatic N) is 2. The van der Waals surface area contributed by atoms with E-state index in [1.54, 1.807) is 25.2 Å². The number of benzene rings is 1. The highest BCUT2D eigenvalue weighted by Gasteiger charge is 2.38. The van der Waals surface area contributed by atoms with E-state index in [-0.39, 0.29) is 24.5 Å². The molecule has 2 aliphatic rings. The van der Waals surface area contributed by atoms with Crippen LogP contribution in [0.4, 0.5) is 4.79 Å². The number of cyclic esters (lactones) is 1. The standard InChI is InChI=1S/C19H24N2O6/c1-25-15-5-3-13(16(11-15)26-2)4-6-17(22)20-9-7-14(8-10-20)21-18(23)12-27-19(21)24/h3,5,11,14H,4,6-10,12H2,1-2H3. The maximum absolute atomic E-state index is 12.5. The summed E-state index contributed by atoms with van der Waals surface area (Å²) in [7, 11) is 3.19. The Morgan fingerprint density at radius 3 is 2.52 bits per heavy atom. The third-order valence-corrected chi connectivity index (χ3v) is 5.07. The number of hydrogen-bond donors (Lipinski definition) is 0. The van der Waals surface area contributed by atoms with Crippen molar-refractivity contribution >= 4 is 17.9 Å². The van der Waals surface area contributed by atoms with E-state index in [9.17, 15) is 14.4 Å². The zero-order valence-electron chi connectivity index (χ0n) is 15.6. The molecule has 2 fully saturated rings. The Bertz CT molecular complexity index is 711. The molecule has 146 valence electrons. The minimum absolute atomic E-state index is 0.0571. The minimum Gasteiger partial charge on any atom is -0.497 e. The quantitative estimate of drug-likeness (QED) is 0.750. The number of amides is 3. The maximum Gasteiger partial charge on any atom is 0.417 e.